The van der Waals surface area contributed by atoms with Gasteiger partial charge in [-0.05, 0) is 51.1 Å². The van der Waals surface area contributed by atoms with E-state index in [2.05, 4.69) is 32.3 Å². The fourth-order valence-corrected chi connectivity index (χ4v) is 3.52. The van der Waals surface area contributed by atoms with Gasteiger partial charge in [-0.15, -0.1) is 0 Å². The van der Waals surface area contributed by atoms with Gasteiger partial charge in [-0.1, -0.05) is 12.1 Å². The molecule has 0 bridgehead atoms. The first-order valence-electron chi connectivity index (χ1n) is 9.17. The van der Waals surface area contributed by atoms with Gasteiger partial charge in [-0.25, -0.2) is 4.98 Å². The van der Waals surface area contributed by atoms with Gasteiger partial charge in [0.15, 0.2) is 0 Å². The molecule has 1 atom stereocenters. The number of amides is 1. The van der Waals surface area contributed by atoms with Crippen LogP contribution in [0, 0.1) is 0 Å². The summed E-state index contributed by atoms with van der Waals surface area (Å²) in [6.45, 7) is 5.66. The molecule has 3 heterocycles. The Morgan fingerprint density at radius 1 is 1.31 bits per heavy atom. The molecule has 1 aromatic carbocycles. The molecule has 136 valence electrons. The average molecular weight is 352 g/mol. The van der Waals surface area contributed by atoms with E-state index in [4.69, 9.17) is 0 Å². The minimum absolute atomic E-state index is 0.131. The van der Waals surface area contributed by atoms with E-state index in [0.29, 0.717) is 24.8 Å². The van der Waals surface area contributed by atoms with Crippen LogP contribution in [-0.4, -0.2) is 56.2 Å². The first kappa shape index (κ1) is 16.8. The van der Waals surface area contributed by atoms with E-state index in [1.807, 2.05) is 41.2 Å². The second kappa shape index (κ2) is 7.29. The van der Waals surface area contributed by atoms with Crippen molar-refractivity contribution in [2.24, 2.45) is 0 Å². The van der Waals surface area contributed by atoms with Gasteiger partial charge < -0.3 is 9.88 Å². The zero-order chi connectivity index (χ0) is 17.9. The molecule has 0 unspecified atom stereocenters. The van der Waals surface area contributed by atoms with Crippen molar-refractivity contribution >= 4 is 16.9 Å². The van der Waals surface area contributed by atoms with E-state index in [-0.39, 0.29) is 5.91 Å². The fourth-order valence-electron chi connectivity index (χ4n) is 3.52. The molecular weight excluding hydrogens is 328 g/mol. The Kier molecular flexibility index (Phi) is 4.71. The topological polar surface area (TPSA) is 78.8 Å². The molecule has 0 saturated carbocycles. The van der Waals surface area contributed by atoms with Gasteiger partial charge in [0.25, 0.3) is 5.91 Å². The molecule has 1 amide bonds. The molecule has 0 spiro atoms. The number of likely N-dealkylation sites (tertiary alicyclic amines) is 1. The first-order chi connectivity index (χ1) is 12.7. The van der Waals surface area contributed by atoms with Crippen molar-refractivity contribution < 1.29 is 4.79 Å². The van der Waals surface area contributed by atoms with Gasteiger partial charge >= 0.3 is 0 Å². The molecule has 2 N–H and O–H groups in total. The van der Waals surface area contributed by atoms with Crippen LogP contribution >= 0.6 is 0 Å². The molecule has 7 nitrogen and oxygen atoms in total. The average Bonchev–Trinajstić information content (AvgIpc) is 3.41. The van der Waals surface area contributed by atoms with E-state index in [0.717, 1.165) is 29.8 Å². The summed E-state index contributed by atoms with van der Waals surface area (Å²) in [7, 11) is 0. The van der Waals surface area contributed by atoms with Gasteiger partial charge in [0.2, 0.25) is 0 Å². The van der Waals surface area contributed by atoms with Crippen molar-refractivity contribution in [3.05, 3.63) is 48.0 Å². The normalized spacial score (nSPS) is 16.2. The second-order valence-electron chi connectivity index (χ2n) is 6.94. The van der Waals surface area contributed by atoms with Gasteiger partial charge in [-0.3, -0.25) is 14.8 Å². The minimum Gasteiger partial charge on any atom is -0.349 e. The van der Waals surface area contributed by atoms with Gasteiger partial charge in [0.05, 0.1) is 29.6 Å². The van der Waals surface area contributed by atoms with Crippen LogP contribution in [0.2, 0.25) is 0 Å². The van der Waals surface area contributed by atoms with Crippen LogP contribution in [-0.2, 0) is 6.54 Å². The molecule has 26 heavy (non-hydrogen) atoms. The molecule has 0 radical (unpaired) electrons. The second-order valence-corrected chi connectivity index (χ2v) is 6.94. The number of aromatic nitrogens is 4. The number of carbonyl (C=O) groups is 1. The van der Waals surface area contributed by atoms with E-state index in [1.165, 1.54) is 12.8 Å². The SMILES string of the molecule is C[C@@H](CNC(=O)c1cc(Cn2cnc3ccccc32)[nH]n1)N1CCCC1. The molecule has 1 aliphatic rings. The number of rotatable bonds is 6. The van der Waals surface area contributed by atoms with Crippen LogP contribution in [0.3, 0.4) is 0 Å². The summed E-state index contributed by atoms with van der Waals surface area (Å²) in [6, 6.07) is 10.2. The number of H-pyrrole nitrogens is 1. The highest BCUT2D eigenvalue weighted by molar-refractivity contribution is 5.92. The number of nitrogens with zero attached hydrogens (tertiary/aromatic N) is 4. The highest BCUT2D eigenvalue weighted by atomic mass is 16.1. The summed E-state index contributed by atoms with van der Waals surface area (Å²) in [4.78, 5) is 19.2. The third-order valence-corrected chi connectivity index (χ3v) is 5.05. The summed E-state index contributed by atoms with van der Waals surface area (Å²) in [5, 5.41) is 10.1. The fraction of sp³-hybridized carbons (Fsp3) is 0.421. The van der Waals surface area contributed by atoms with Crippen LogP contribution in [0.15, 0.2) is 36.7 Å². The minimum atomic E-state index is -0.131. The van der Waals surface area contributed by atoms with Gasteiger partial charge in [-0.2, -0.15) is 5.10 Å². The standard InChI is InChI=1S/C19H24N6O/c1-14(24-8-4-5-9-24)11-20-19(26)17-10-15(22-23-17)12-25-13-21-16-6-2-3-7-18(16)25/h2-3,6-7,10,13-14H,4-5,8-9,11-12H2,1H3,(H,20,26)(H,22,23)/t14-/m0/s1. The van der Waals surface area contributed by atoms with Crippen LogP contribution in [0.5, 0.6) is 0 Å². The van der Waals surface area contributed by atoms with E-state index >= 15 is 0 Å². The maximum Gasteiger partial charge on any atom is 0.271 e. The lowest BCUT2D eigenvalue weighted by Crippen LogP contribution is -2.40. The summed E-state index contributed by atoms with van der Waals surface area (Å²) in [6.07, 6.45) is 4.32. The lowest BCUT2D eigenvalue weighted by molar-refractivity contribution is 0.0935. The molecule has 0 aliphatic carbocycles. The van der Waals surface area contributed by atoms with Crippen molar-refractivity contribution in [2.75, 3.05) is 19.6 Å². The Labute approximate surface area is 152 Å². The summed E-state index contributed by atoms with van der Waals surface area (Å²) in [5.41, 5.74) is 3.33. The quantitative estimate of drug-likeness (QED) is 0.711. The number of fused-ring (bicyclic) bond motifs is 1. The number of nitrogens with one attached hydrogen (secondary N) is 2. The molecule has 1 saturated heterocycles. The lowest BCUT2D eigenvalue weighted by atomic mass is 10.2. The predicted molar refractivity (Wildman–Crippen MR) is 100 cm³/mol. The number of imidazole rings is 1. The Morgan fingerprint density at radius 3 is 2.96 bits per heavy atom. The maximum atomic E-state index is 12.4. The first-order valence-corrected chi connectivity index (χ1v) is 9.17. The monoisotopic (exact) mass is 352 g/mol. The highest BCUT2D eigenvalue weighted by Crippen LogP contribution is 2.14. The van der Waals surface area contributed by atoms with E-state index in [9.17, 15) is 4.79 Å². The molecular formula is C19H24N6O. The number of carbonyl (C=O) groups excluding carboxylic acids is 1. The lowest BCUT2D eigenvalue weighted by Gasteiger charge is -2.23. The smallest absolute Gasteiger partial charge is 0.271 e. The number of benzene rings is 1. The van der Waals surface area contributed by atoms with Crippen molar-refractivity contribution in [3.63, 3.8) is 0 Å². The van der Waals surface area contributed by atoms with Crippen molar-refractivity contribution in [2.45, 2.75) is 32.4 Å². The maximum absolute atomic E-state index is 12.4. The molecule has 3 aromatic rings. The van der Waals surface area contributed by atoms with Crippen LogP contribution in [0.4, 0.5) is 0 Å². The van der Waals surface area contributed by atoms with E-state index in [1.54, 1.807) is 0 Å². The van der Waals surface area contributed by atoms with Gasteiger partial charge in [0, 0.05) is 12.6 Å². The van der Waals surface area contributed by atoms with E-state index < -0.39 is 0 Å². The highest BCUT2D eigenvalue weighted by Gasteiger charge is 2.19. The summed E-state index contributed by atoms with van der Waals surface area (Å²) >= 11 is 0. The molecule has 7 heteroatoms. The summed E-state index contributed by atoms with van der Waals surface area (Å²) in [5.74, 6) is -0.131. The zero-order valence-corrected chi connectivity index (χ0v) is 15.0. The number of para-hydroxylation sites is 2. The Morgan fingerprint density at radius 2 is 2.12 bits per heavy atom. The number of hydrogen-bond acceptors (Lipinski definition) is 4. The van der Waals surface area contributed by atoms with Crippen molar-refractivity contribution in [1.29, 1.82) is 0 Å². The van der Waals surface area contributed by atoms with Gasteiger partial charge in [0.1, 0.15) is 5.69 Å². The largest absolute Gasteiger partial charge is 0.349 e. The Bertz CT molecular complexity index is 892. The van der Waals surface area contributed by atoms with Crippen LogP contribution in [0.25, 0.3) is 11.0 Å². The van der Waals surface area contributed by atoms with Crippen molar-refractivity contribution in [1.82, 2.24) is 30.0 Å². The Hall–Kier alpha value is -2.67. The molecule has 1 fully saturated rings. The molecule has 2 aromatic heterocycles. The van der Waals surface area contributed by atoms with Crippen molar-refractivity contribution in [3.8, 4) is 0 Å². The Balaban J connectivity index is 1.37. The molecule has 4 rings (SSSR count). The number of hydrogen-bond donors (Lipinski definition) is 2. The zero-order valence-electron chi connectivity index (χ0n) is 15.0. The number of aromatic amines is 1. The third kappa shape index (κ3) is 3.48. The summed E-state index contributed by atoms with van der Waals surface area (Å²) < 4.78 is 2.04. The third-order valence-electron chi connectivity index (χ3n) is 5.05. The van der Waals surface area contributed by atoms with Crippen LogP contribution < -0.4 is 5.32 Å². The van der Waals surface area contributed by atoms with Crippen LogP contribution in [0.1, 0.15) is 35.9 Å². The molecule has 1 aliphatic heterocycles. The predicted octanol–water partition coefficient (Wildman–Crippen LogP) is 2.02.